The third kappa shape index (κ3) is 7.52. The number of rotatable bonds is 9. The fraction of sp³-hybridized carbons (Fsp3) is 0.500. The molecule has 0 N–H and O–H groups in total. The third-order valence-electron chi connectivity index (χ3n) is 6.52. The normalized spacial score (nSPS) is 19.2. The summed E-state index contributed by atoms with van der Waals surface area (Å²) in [5, 5.41) is 11.3. The number of thioether (sulfide) groups is 2. The summed E-state index contributed by atoms with van der Waals surface area (Å²) < 4.78 is 0. The Kier molecular flexibility index (Phi) is 9.79. The minimum atomic E-state index is 0.775. The lowest BCUT2D eigenvalue weighted by molar-refractivity contribution is 0.516. The molecule has 0 heterocycles. The lowest BCUT2D eigenvalue weighted by atomic mass is 10.0. The molecule has 0 radical (unpaired) electrons. The predicted molar refractivity (Wildman–Crippen MR) is 145 cm³/mol. The zero-order valence-corrected chi connectivity index (χ0v) is 20.8. The van der Waals surface area contributed by atoms with Crippen LogP contribution in [0.3, 0.4) is 0 Å². The summed E-state index contributed by atoms with van der Waals surface area (Å²) >= 11 is 4.16. The highest BCUT2D eigenvalue weighted by molar-refractivity contribution is 8.00. The quantitative estimate of drug-likeness (QED) is 0.277. The van der Waals surface area contributed by atoms with Gasteiger partial charge in [-0.3, -0.25) is 0 Å². The molecule has 2 saturated carbocycles. The zero-order chi connectivity index (χ0) is 21.8. The summed E-state index contributed by atoms with van der Waals surface area (Å²) in [5.74, 6) is 1.88. The van der Waals surface area contributed by atoms with Gasteiger partial charge in [0.05, 0.1) is 11.4 Å². The van der Waals surface area contributed by atoms with E-state index < -0.39 is 0 Å². The minimum Gasteiger partial charge on any atom is -0.154 e. The molecule has 2 aromatic rings. The van der Waals surface area contributed by atoms with Crippen molar-refractivity contribution in [2.24, 2.45) is 10.2 Å². The first-order chi connectivity index (χ1) is 15.9. The molecule has 0 atom stereocenters. The Balaban J connectivity index is 1.52. The van der Waals surface area contributed by atoms with Crippen molar-refractivity contribution in [3.8, 4) is 0 Å². The van der Waals surface area contributed by atoms with Gasteiger partial charge in [0, 0.05) is 22.0 Å². The average Bonchev–Trinajstić information content (AvgIpc) is 2.88. The van der Waals surface area contributed by atoms with E-state index in [2.05, 4.69) is 84.2 Å². The summed E-state index contributed by atoms with van der Waals surface area (Å²) in [4.78, 5) is 0. The Labute approximate surface area is 202 Å². The molecule has 2 nitrogen and oxygen atoms in total. The summed E-state index contributed by atoms with van der Waals surface area (Å²) in [6, 6.07) is 21.3. The highest BCUT2D eigenvalue weighted by Crippen LogP contribution is 2.30. The van der Waals surface area contributed by atoms with Gasteiger partial charge in [-0.15, -0.1) is 0 Å². The first-order valence-corrected chi connectivity index (χ1v) is 14.5. The van der Waals surface area contributed by atoms with Gasteiger partial charge < -0.3 is 0 Å². The van der Waals surface area contributed by atoms with Crippen LogP contribution in [-0.2, 0) is 0 Å². The maximum Gasteiger partial charge on any atom is 0.0801 e. The van der Waals surface area contributed by atoms with Crippen molar-refractivity contribution >= 4 is 34.9 Å². The minimum absolute atomic E-state index is 0.775. The summed E-state index contributed by atoms with van der Waals surface area (Å²) in [7, 11) is 0. The molecule has 0 aliphatic heterocycles. The van der Waals surface area contributed by atoms with E-state index >= 15 is 0 Å². The van der Waals surface area contributed by atoms with Crippen LogP contribution in [-0.4, -0.2) is 33.4 Å². The molecule has 0 amide bonds. The molecule has 2 aliphatic rings. The molecule has 0 bridgehead atoms. The van der Waals surface area contributed by atoms with Crippen LogP contribution in [0.5, 0.6) is 0 Å². The Hall–Kier alpha value is -1.52. The van der Waals surface area contributed by atoms with Gasteiger partial charge in [-0.1, -0.05) is 99.2 Å². The fourth-order valence-corrected chi connectivity index (χ4v) is 7.15. The summed E-state index contributed by atoms with van der Waals surface area (Å²) in [6.07, 6.45) is 13.7. The Bertz CT molecular complexity index is 778. The smallest absolute Gasteiger partial charge is 0.0801 e. The second kappa shape index (κ2) is 13.3. The van der Waals surface area contributed by atoms with E-state index in [9.17, 15) is 0 Å². The molecule has 4 heteroatoms. The van der Waals surface area contributed by atoms with Gasteiger partial charge in [-0.25, -0.2) is 0 Å². The van der Waals surface area contributed by atoms with Crippen molar-refractivity contribution < 1.29 is 0 Å². The molecule has 2 aromatic carbocycles. The molecule has 4 rings (SSSR count). The van der Waals surface area contributed by atoms with E-state index in [1.807, 2.05) is 0 Å². The number of nitrogens with zero attached hydrogens (tertiary/aromatic N) is 2. The Morgan fingerprint density at radius 2 is 0.938 bits per heavy atom. The maximum absolute atomic E-state index is 4.89. The van der Waals surface area contributed by atoms with Crippen molar-refractivity contribution in [3.05, 3.63) is 71.8 Å². The Morgan fingerprint density at radius 3 is 1.31 bits per heavy atom. The lowest BCUT2D eigenvalue weighted by Crippen LogP contribution is -2.14. The zero-order valence-electron chi connectivity index (χ0n) is 19.1. The van der Waals surface area contributed by atoms with Gasteiger partial charge in [0.25, 0.3) is 0 Å². The summed E-state index contributed by atoms with van der Waals surface area (Å²) in [6.45, 7) is 0. The monoisotopic (exact) mass is 464 g/mol. The van der Waals surface area contributed by atoms with Crippen LogP contribution in [0.25, 0.3) is 0 Å². The fourth-order valence-electron chi connectivity index (χ4n) is 4.58. The molecule has 0 saturated heterocycles. The first kappa shape index (κ1) is 23.6. The molecule has 0 aromatic heterocycles. The second-order valence-corrected chi connectivity index (χ2v) is 11.5. The van der Waals surface area contributed by atoms with Crippen molar-refractivity contribution in [2.45, 2.75) is 74.7 Å². The van der Waals surface area contributed by atoms with Gasteiger partial charge in [-0.2, -0.15) is 33.7 Å². The largest absolute Gasteiger partial charge is 0.154 e. The third-order valence-corrected chi connectivity index (χ3v) is 9.29. The number of benzene rings is 2. The predicted octanol–water partition coefficient (Wildman–Crippen LogP) is 8.01. The van der Waals surface area contributed by atoms with Crippen LogP contribution in [0.4, 0.5) is 0 Å². The van der Waals surface area contributed by atoms with E-state index in [4.69, 9.17) is 10.2 Å². The highest BCUT2D eigenvalue weighted by Gasteiger charge is 2.17. The van der Waals surface area contributed by atoms with Crippen LogP contribution in [0.2, 0.25) is 0 Å². The molecule has 2 fully saturated rings. The van der Waals surface area contributed by atoms with Gasteiger partial charge in [0.15, 0.2) is 0 Å². The molecule has 0 spiro atoms. The van der Waals surface area contributed by atoms with Crippen molar-refractivity contribution in [1.29, 1.82) is 0 Å². The lowest BCUT2D eigenvalue weighted by Gasteiger charge is -2.21. The van der Waals surface area contributed by atoms with Crippen LogP contribution in [0, 0.1) is 0 Å². The molecular formula is C28H36N2S2. The van der Waals surface area contributed by atoms with Crippen LogP contribution < -0.4 is 0 Å². The number of hydrogen-bond donors (Lipinski definition) is 0. The SMILES string of the molecule is c1ccc(C(CSC2CCCCC2)=NN=C(CSC2CCCCC2)c2ccccc2)cc1. The first-order valence-electron chi connectivity index (χ1n) is 12.4. The van der Waals surface area contributed by atoms with E-state index in [0.29, 0.717) is 0 Å². The second-order valence-electron chi connectivity index (χ2n) is 8.97. The van der Waals surface area contributed by atoms with Gasteiger partial charge in [0.1, 0.15) is 0 Å². The highest BCUT2D eigenvalue weighted by atomic mass is 32.2. The van der Waals surface area contributed by atoms with Gasteiger partial charge >= 0.3 is 0 Å². The van der Waals surface area contributed by atoms with E-state index in [-0.39, 0.29) is 0 Å². The summed E-state index contributed by atoms with van der Waals surface area (Å²) in [5.41, 5.74) is 4.62. The topological polar surface area (TPSA) is 24.7 Å². The molecule has 0 unspecified atom stereocenters. The molecular weight excluding hydrogens is 428 g/mol. The maximum atomic E-state index is 4.89. The van der Waals surface area contributed by atoms with E-state index in [0.717, 1.165) is 33.4 Å². The number of hydrogen-bond acceptors (Lipinski definition) is 4. The molecule has 2 aliphatic carbocycles. The van der Waals surface area contributed by atoms with Crippen molar-refractivity contribution in [2.75, 3.05) is 11.5 Å². The Morgan fingerprint density at radius 1 is 0.562 bits per heavy atom. The van der Waals surface area contributed by atoms with Crippen LogP contribution >= 0.6 is 23.5 Å². The van der Waals surface area contributed by atoms with E-state index in [1.165, 1.54) is 75.3 Å². The van der Waals surface area contributed by atoms with E-state index in [1.54, 1.807) is 0 Å². The standard InChI is InChI=1S/C28H36N2S2/c1-5-13-23(14-6-1)27(21-31-25-17-9-3-10-18-25)29-30-28(24-15-7-2-8-16-24)22-32-26-19-11-4-12-20-26/h1-2,5-8,13-16,25-26H,3-4,9-12,17-22H2. The van der Waals surface area contributed by atoms with Gasteiger partial charge in [-0.05, 0) is 36.8 Å². The van der Waals surface area contributed by atoms with Crippen LogP contribution in [0.1, 0.15) is 75.3 Å². The molecule has 32 heavy (non-hydrogen) atoms. The molecule has 170 valence electrons. The average molecular weight is 465 g/mol. The van der Waals surface area contributed by atoms with Crippen molar-refractivity contribution in [3.63, 3.8) is 0 Å². The van der Waals surface area contributed by atoms with Crippen LogP contribution in [0.15, 0.2) is 70.9 Å². The van der Waals surface area contributed by atoms with Crippen molar-refractivity contribution in [1.82, 2.24) is 0 Å². The van der Waals surface area contributed by atoms with Gasteiger partial charge in [0.2, 0.25) is 0 Å².